The van der Waals surface area contributed by atoms with Crippen LogP contribution in [0.2, 0.25) is 0 Å². The average molecular weight is 565 g/mol. The molecule has 1 heterocycles. The van der Waals surface area contributed by atoms with Crippen LogP contribution in [0.1, 0.15) is 42.5 Å². The molecule has 9 heteroatoms. The van der Waals surface area contributed by atoms with Crippen molar-refractivity contribution in [2.24, 2.45) is 0 Å². The van der Waals surface area contributed by atoms with E-state index in [1.165, 1.54) is 10.6 Å². The Morgan fingerprint density at radius 3 is 2.64 bits per heavy atom. The molecule has 0 amide bonds. The minimum absolute atomic E-state index is 0.0426. The van der Waals surface area contributed by atoms with Crippen LogP contribution in [0, 0.1) is 9.39 Å². The zero-order valence-electron chi connectivity index (χ0n) is 18.6. The van der Waals surface area contributed by atoms with Crippen molar-refractivity contribution in [2.75, 3.05) is 0 Å². The van der Waals surface area contributed by atoms with Gasteiger partial charge in [-0.05, 0) is 67.1 Å². The summed E-state index contributed by atoms with van der Waals surface area (Å²) in [6.45, 7) is 6.15. The van der Waals surface area contributed by atoms with Gasteiger partial charge in [-0.2, -0.15) is 4.68 Å². The number of hydrogen-bond donors (Lipinski definition) is 0. The molecule has 3 rings (SSSR count). The molecule has 1 unspecified atom stereocenters. The van der Waals surface area contributed by atoms with Gasteiger partial charge in [-0.1, -0.05) is 36.4 Å². The molecule has 0 bridgehead atoms. The first kappa shape index (κ1) is 24.8. The molecule has 1 aromatic heterocycles. The second-order valence-electron chi connectivity index (χ2n) is 7.25. The molecular formula is C24H25FIN3O4. The fraction of sp³-hybridized carbons (Fsp3) is 0.292. The summed E-state index contributed by atoms with van der Waals surface area (Å²) in [4.78, 5) is 25.3. The highest BCUT2D eigenvalue weighted by Gasteiger charge is 2.21. The Labute approximate surface area is 205 Å². The van der Waals surface area contributed by atoms with E-state index in [-0.39, 0.29) is 17.9 Å². The Bertz CT molecular complexity index is 1200. The summed E-state index contributed by atoms with van der Waals surface area (Å²) < 4.78 is 28.9. The maximum atomic E-state index is 15.0. The van der Waals surface area contributed by atoms with Crippen LogP contribution in [-0.4, -0.2) is 26.4 Å². The minimum atomic E-state index is -0.749. The summed E-state index contributed by atoms with van der Waals surface area (Å²) in [6.07, 6.45) is 3.04. The van der Waals surface area contributed by atoms with E-state index in [2.05, 4.69) is 5.10 Å². The minimum Gasteiger partial charge on any atom is -0.455 e. The van der Waals surface area contributed by atoms with E-state index in [9.17, 15) is 14.0 Å². The number of ether oxygens (including phenoxy) is 2. The molecule has 2 aromatic carbocycles. The molecule has 7 nitrogen and oxygen atoms in total. The molecule has 174 valence electrons. The van der Waals surface area contributed by atoms with Crippen LogP contribution in [0.4, 0.5) is 4.39 Å². The zero-order valence-corrected chi connectivity index (χ0v) is 20.8. The quantitative estimate of drug-likeness (QED) is 0.215. The molecular weight excluding hydrogens is 540 g/mol. The monoisotopic (exact) mass is 565 g/mol. The number of nitrogens with zero attached hydrogens (tertiary/aromatic N) is 3. The fourth-order valence-electron chi connectivity index (χ4n) is 3.25. The van der Waals surface area contributed by atoms with Crippen molar-refractivity contribution in [3.8, 4) is 5.69 Å². The molecule has 0 spiro atoms. The largest absolute Gasteiger partial charge is 0.455 e. The Balaban J connectivity index is 1.86. The van der Waals surface area contributed by atoms with E-state index in [1.54, 1.807) is 26.0 Å². The molecule has 0 saturated carbocycles. The summed E-state index contributed by atoms with van der Waals surface area (Å²) in [5.74, 6) is -1.01. The lowest BCUT2D eigenvalue weighted by Gasteiger charge is -2.11. The molecule has 3 aromatic rings. The predicted molar refractivity (Wildman–Crippen MR) is 131 cm³/mol. The number of benzene rings is 2. The molecule has 0 radical (unpaired) electrons. The van der Waals surface area contributed by atoms with Gasteiger partial charge in [0.2, 0.25) is 0 Å². The number of esters is 1. The highest BCUT2D eigenvalue weighted by molar-refractivity contribution is 14.1. The third-order valence-electron chi connectivity index (χ3n) is 4.84. The first-order chi connectivity index (χ1) is 15.8. The van der Waals surface area contributed by atoms with Crippen molar-refractivity contribution in [1.29, 1.82) is 0 Å². The normalized spacial score (nSPS) is 12.3. The summed E-state index contributed by atoms with van der Waals surface area (Å²) in [5.41, 5.74) is 0.554. The van der Waals surface area contributed by atoms with Crippen molar-refractivity contribution in [3.05, 3.63) is 91.4 Å². The summed E-state index contributed by atoms with van der Waals surface area (Å²) >= 11 is 1.92. The molecule has 33 heavy (non-hydrogen) atoms. The van der Waals surface area contributed by atoms with Crippen LogP contribution in [-0.2, 0) is 29.2 Å². The molecule has 0 aliphatic heterocycles. The Morgan fingerprint density at radius 1 is 1.24 bits per heavy atom. The van der Waals surface area contributed by atoms with Crippen molar-refractivity contribution >= 4 is 28.6 Å². The lowest BCUT2D eigenvalue weighted by Crippen LogP contribution is -2.25. The van der Waals surface area contributed by atoms with Crippen molar-refractivity contribution in [2.45, 2.75) is 46.6 Å². The van der Waals surface area contributed by atoms with Crippen LogP contribution in [0.3, 0.4) is 0 Å². The number of hydrogen-bond acceptors (Lipinski definition) is 5. The molecule has 0 aliphatic carbocycles. The van der Waals surface area contributed by atoms with Crippen LogP contribution in [0.5, 0.6) is 0 Å². The second-order valence-corrected chi connectivity index (χ2v) is 8.42. The number of rotatable bonds is 9. The van der Waals surface area contributed by atoms with Crippen molar-refractivity contribution < 1.29 is 18.7 Å². The number of carbonyl (C=O) groups excluding carboxylic acids is 1. The molecule has 0 N–H and O–H groups in total. The van der Waals surface area contributed by atoms with Gasteiger partial charge in [-0.3, -0.25) is 4.57 Å². The van der Waals surface area contributed by atoms with Gasteiger partial charge < -0.3 is 9.47 Å². The number of aromatic nitrogens is 3. The Hall–Kier alpha value is -2.79. The van der Waals surface area contributed by atoms with Crippen LogP contribution in [0.25, 0.3) is 5.69 Å². The lowest BCUT2D eigenvalue weighted by molar-refractivity contribution is 0.0422. The van der Waals surface area contributed by atoms with Gasteiger partial charge in [0.25, 0.3) is 0 Å². The van der Waals surface area contributed by atoms with Gasteiger partial charge in [0.05, 0.1) is 12.2 Å². The third kappa shape index (κ3) is 5.97. The van der Waals surface area contributed by atoms with Gasteiger partial charge in [0.1, 0.15) is 24.2 Å². The maximum absolute atomic E-state index is 15.0. The van der Waals surface area contributed by atoms with Crippen molar-refractivity contribution in [1.82, 2.24) is 14.3 Å². The van der Waals surface area contributed by atoms with Gasteiger partial charge >= 0.3 is 11.7 Å². The number of halogens is 2. The zero-order chi connectivity index (χ0) is 24.0. The predicted octanol–water partition coefficient (Wildman–Crippen LogP) is 4.64. The summed E-state index contributed by atoms with van der Waals surface area (Å²) in [5, 5.41) is 4.30. The number of carbonyl (C=O) groups is 1. The van der Waals surface area contributed by atoms with Crippen LogP contribution in [0.15, 0.2) is 59.4 Å². The van der Waals surface area contributed by atoms with Gasteiger partial charge in [0.15, 0.2) is 5.82 Å². The molecule has 0 aliphatic rings. The summed E-state index contributed by atoms with van der Waals surface area (Å²) in [6, 6.07) is 12.1. The second kappa shape index (κ2) is 11.4. The van der Waals surface area contributed by atoms with E-state index in [0.29, 0.717) is 22.5 Å². The van der Waals surface area contributed by atoms with E-state index < -0.39 is 23.6 Å². The first-order valence-corrected chi connectivity index (χ1v) is 11.6. The van der Waals surface area contributed by atoms with E-state index in [1.807, 2.05) is 59.8 Å². The van der Waals surface area contributed by atoms with Gasteiger partial charge in [-0.15, -0.1) is 5.10 Å². The first-order valence-electron chi connectivity index (χ1n) is 10.5. The topological polar surface area (TPSA) is 75.4 Å². The third-order valence-corrected chi connectivity index (χ3v) is 5.73. The smallest absolute Gasteiger partial charge is 0.350 e. The van der Waals surface area contributed by atoms with E-state index in [4.69, 9.17) is 9.47 Å². The molecule has 0 fully saturated rings. The summed E-state index contributed by atoms with van der Waals surface area (Å²) in [7, 11) is 0. The van der Waals surface area contributed by atoms with Crippen LogP contribution >= 0.6 is 22.6 Å². The maximum Gasteiger partial charge on any atom is 0.350 e. The van der Waals surface area contributed by atoms with Crippen LogP contribution < -0.4 is 5.69 Å². The standard InChI is InChI=1S/C24H25FIN3O4/c1-4-9-16(3)33-23(30)18-12-19(25)21(13-20(18)26)29-24(31)28(5-2)22(27-29)15-32-14-17-10-7-6-8-11-17/h4,6-13,16H,5,14-15H2,1-3H3. The molecule has 1 atom stereocenters. The SMILES string of the molecule is CC=CC(C)OC(=O)c1cc(F)c(-n2nc(COCc3ccccc3)n(CC)c2=O)cc1I. The van der Waals surface area contributed by atoms with Gasteiger partial charge in [0, 0.05) is 10.1 Å². The number of allylic oxidation sites excluding steroid dienone is 1. The molecule has 0 saturated heterocycles. The fourth-order valence-corrected chi connectivity index (χ4v) is 3.92. The highest BCUT2D eigenvalue weighted by Crippen LogP contribution is 2.22. The van der Waals surface area contributed by atoms with Crippen molar-refractivity contribution in [3.63, 3.8) is 0 Å². The lowest BCUT2D eigenvalue weighted by atomic mass is 10.2. The van der Waals surface area contributed by atoms with Gasteiger partial charge in [-0.25, -0.2) is 14.0 Å². The highest BCUT2D eigenvalue weighted by atomic mass is 127. The Morgan fingerprint density at radius 2 is 1.97 bits per heavy atom. The van der Waals surface area contributed by atoms with E-state index >= 15 is 0 Å². The average Bonchev–Trinajstić information content (AvgIpc) is 3.10. The van der Waals surface area contributed by atoms with E-state index in [0.717, 1.165) is 16.3 Å². The Kier molecular flexibility index (Phi) is 8.56.